The first-order valence-electron chi connectivity index (χ1n) is 8.60. The predicted molar refractivity (Wildman–Crippen MR) is 100 cm³/mol. The van der Waals surface area contributed by atoms with Gasteiger partial charge < -0.3 is 15.4 Å². The lowest BCUT2D eigenvalue weighted by molar-refractivity contribution is 0.201. The molecule has 0 saturated heterocycles. The van der Waals surface area contributed by atoms with Crippen LogP contribution in [-0.2, 0) is 0 Å². The Bertz CT molecular complexity index is 1080. The number of nitriles is 1. The van der Waals surface area contributed by atoms with Crippen molar-refractivity contribution in [3.8, 4) is 17.3 Å². The Hall–Kier alpha value is -3.05. The first-order chi connectivity index (χ1) is 13.2. The van der Waals surface area contributed by atoms with E-state index >= 15 is 0 Å². The number of H-pyrrole nitrogens is 1. The average molecular weight is 388 g/mol. The van der Waals surface area contributed by atoms with Gasteiger partial charge in [0, 0.05) is 23.2 Å². The zero-order chi connectivity index (χ0) is 20.6. The highest BCUT2D eigenvalue weighted by molar-refractivity contribution is 5.96. The number of halogens is 3. The maximum absolute atomic E-state index is 14.5. The molecule has 0 fully saturated rings. The van der Waals surface area contributed by atoms with E-state index in [1.54, 1.807) is 0 Å². The summed E-state index contributed by atoms with van der Waals surface area (Å²) in [4.78, 5) is 6.91. The number of nitrogens with one attached hydrogen (secondary N) is 2. The number of anilines is 1. The van der Waals surface area contributed by atoms with E-state index in [0.29, 0.717) is 0 Å². The van der Waals surface area contributed by atoms with Gasteiger partial charge >= 0.3 is 0 Å². The van der Waals surface area contributed by atoms with E-state index in [1.165, 1.54) is 6.20 Å². The van der Waals surface area contributed by atoms with E-state index in [9.17, 15) is 23.5 Å². The molecule has 2 heterocycles. The fourth-order valence-electron chi connectivity index (χ4n) is 2.93. The van der Waals surface area contributed by atoms with Crippen LogP contribution in [-0.4, -0.2) is 27.7 Å². The second-order valence-electron chi connectivity index (χ2n) is 7.58. The smallest absolute Gasteiger partial charge is 0.166 e. The number of hydrogen-bond donors (Lipinski definition) is 3. The van der Waals surface area contributed by atoms with Crippen LogP contribution in [0.4, 0.5) is 19.0 Å². The second-order valence-corrected chi connectivity index (χ2v) is 7.58. The minimum atomic E-state index is -0.784. The highest BCUT2D eigenvalue weighted by Crippen LogP contribution is 2.34. The summed E-state index contributed by atoms with van der Waals surface area (Å²) >= 11 is 0. The van der Waals surface area contributed by atoms with E-state index in [0.717, 1.165) is 18.2 Å². The molecular formula is C20H19F3N4O. The van der Waals surface area contributed by atoms with Gasteiger partial charge in [-0.05, 0) is 17.5 Å². The number of fused-ring (bicyclic) bond motifs is 1. The van der Waals surface area contributed by atoms with Gasteiger partial charge in [-0.25, -0.2) is 18.2 Å². The topological polar surface area (TPSA) is 84.7 Å². The summed E-state index contributed by atoms with van der Waals surface area (Å²) in [5, 5.41) is 22.1. The minimum absolute atomic E-state index is 0.0591. The summed E-state index contributed by atoms with van der Waals surface area (Å²) in [6.45, 7) is 5.35. The fourth-order valence-corrected chi connectivity index (χ4v) is 2.93. The van der Waals surface area contributed by atoms with Crippen LogP contribution in [0.25, 0.3) is 22.2 Å². The van der Waals surface area contributed by atoms with Gasteiger partial charge in [0.1, 0.15) is 17.7 Å². The Balaban J connectivity index is 2.18. The first kappa shape index (κ1) is 19.7. The summed E-state index contributed by atoms with van der Waals surface area (Å²) < 4.78 is 42.2. The number of aliphatic hydroxyl groups is 1. The molecule has 146 valence electrons. The molecular weight excluding hydrogens is 369 g/mol. The van der Waals surface area contributed by atoms with Crippen molar-refractivity contribution >= 4 is 16.7 Å². The molecule has 0 aliphatic heterocycles. The van der Waals surface area contributed by atoms with Crippen molar-refractivity contribution in [1.82, 2.24) is 9.97 Å². The van der Waals surface area contributed by atoms with E-state index in [2.05, 4.69) is 15.3 Å². The lowest BCUT2D eigenvalue weighted by Crippen LogP contribution is -2.37. The quantitative estimate of drug-likeness (QED) is 0.621. The van der Waals surface area contributed by atoms with Gasteiger partial charge in [0.2, 0.25) is 0 Å². The van der Waals surface area contributed by atoms with E-state index in [4.69, 9.17) is 0 Å². The number of aromatic amines is 1. The molecule has 28 heavy (non-hydrogen) atoms. The van der Waals surface area contributed by atoms with Crippen LogP contribution in [0.2, 0.25) is 0 Å². The molecule has 3 N–H and O–H groups in total. The molecule has 0 aliphatic rings. The largest absolute Gasteiger partial charge is 0.394 e. The Morgan fingerprint density at radius 3 is 2.54 bits per heavy atom. The van der Waals surface area contributed by atoms with Gasteiger partial charge in [0.25, 0.3) is 0 Å². The minimum Gasteiger partial charge on any atom is -0.394 e. The molecule has 0 bridgehead atoms. The van der Waals surface area contributed by atoms with Crippen LogP contribution in [0, 0.1) is 34.2 Å². The molecule has 0 spiro atoms. The summed E-state index contributed by atoms with van der Waals surface area (Å²) in [5.41, 5.74) is -0.0735. The number of hydrogen-bond acceptors (Lipinski definition) is 4. The van der Waals surface area contributed by atoms with E-state index < -0.39 is 28.9 Å². The van der Waals surface area contributed by atoms with E-state index in [-0.39, 0.29) is 40.1 Å². The molecule has 0 aliphatic carbocycles. The lowest BCUT2D eigenvalue weighted by atomic mass is 9.87. The molecule has 5 nitrogen and oxygen atoms in total. The predicted octanol–water partition coefficient (Wildman–Crippen LogP) is 4.34. The second kappa shape index (κ2) is 7.17. The number of rotatable bonds is 4. The van der Waals surface area contributed by atoms with Crippen LogP contribution >= 0.6 is 0 Å². The molecule has 1 unspecified atom stereocenters. The third kappa shape index (κ3) is 3.53. The monoisotopic (exact) mass is 388 g/mol. The van der Waals surface area contributed by atoms with Crippen LogP contribution in [0.5, 0.6) is 0 Å². The van der Waals surface area contributed by atoms with Crippen LogP contribution in [0.3, 0.4) is 0 Å². The highest BCUT2D eigenvalue weighted by Gasteiger charge is 2.26. The zero-order valence-corrected chi connectivity index (χ0v) is 15.6. The normalized spacial score (nSPS) is 12.8. The van der Waals surface area contributed by atoms with Gasteiger partial charge in [-0.1, -0.05) is 20.8 Å². The fraction of sp³-hybridized carbons (Fsp3) is 0.300. The average Bonchev–Trinajstić information content (AvgIpc) is 3.03. The van der Waals surface area contributed by atoms with Crippen molar-refractivity contribution in [1.29, 1.82) is 5.26 Å². The van der Waals surface area contributed by atoms with Gasteiger partial charge in [0.05, 0.1) is 29.4 Å². The molecule has 0 saturated carbocycles. The van der Waals surface area contributed by atoms with Crippen molar-refractivity contribution in [2.24, 2.45) is 5.41 Å². The maximum atomic E-state index is 14.5. The standard InChI is InChI=1S/C20H19F3N4O/c1-20(2,3)16(9-28)26-19-15(23)4-10(7-24)17(27-19)13-8-25-18-12(13)5-11(21)6-14(18)22/h4-6,8,16,25,28H,9H2,1-3H3,(H,26,27). The lowest BCUT2D eigenvalue weighted by Gasteiger charge is -2.30. The third-order valence-corrected chi connectivity index (χ3v) is 4.60. The summed E-state index contributed by atoms with van der Waals surface area (Å²) in [6, 6.07) is 4.23. The number of benzene rings is 1. The zero-order valence-electron chi connectivity index (χ0n) is 15.6. The molecule has 3 rings (SSSR count). The van der Waals surface area contributed by atoms with Gasteiger partial charge in [-0.15, -0.1) is 0 Å². The SMILES string of the molecule is CC(C)(C)C(CO)Nc1nc(-c2c[nH]c3c(F)cc(F)cc23)c(C#N)cc1F. The third-order valence-electron chi connectivity index (χ3n) is 4.60. The molecule has 0 amide bonds. The maximum Gasteiger partial charge on any atom is 0.166 e. The number of pyridine rings is 1. The van der Waals surface area contributed by atoms with Crippen molar-refractivity contribution in [2.45, 2.75) is 26.8 Å². The Kier molecular flexibility index (Phi) is 5.04. The Morgan fingerprint density at radius 2 is 1.93 bits per heavy atom. The van der Waals surface area contributed by atoms with Crippen LogP contribution in [0.15, 0.2) is 24.4 Å². The van der Waals surface area contributed by atoms with Gasteiger partial charge in [-0.3, -0.25) is 0 Å². The van der Waals surface area contributed by atoms with Crippen molar-refractivity contribution < 1.29 is 18.3 Å². The molecule has 3 aromatic rings. The summed E-state index contributed by atoms with van der Waals surface area (Å²) in [5.74, 6) is -2.49. The highest BCUT2D eigenvalue weighted by atomic mass is 19.1. The summed E-state index contributed by atoms with van der Waals surface area (Å²) in [6.07, 6.45) is 1.39. The van der Waals surface area contributed by atoms with Crippen LogP contribution < -0.4 is 5.32 Å². The first-order valence-corrected chi connectivity index (χ1v) is 8.60. The molecule has 1 atom stereocenters. The number of aliphatic hydroxyl groups excluding tert-OH is 1. The Morgan fingerprint density at radius 1 is 1.21 bits per heavy atom. The van der Waals surface area contributed by atoms with Crippen molar-refractivity contribution in [2.75, 3.05) is 11.9 Å². The van der Waals surface area contributed by atoms with Gasteiger partial charge in [-0.2, -0.15) is 5.26 Å². The van der Waals surface area contributed by atoms with Crippen molar-refractivity contribution in [3.63, 3.8) is 0 Å². The molecule has 2 aromatic heterocycles. The molecule has 8 heteroatoms. The van der Waals surface area contributed by atoms with Gasteiger partial charge in [0.15, 0.2) is 11.6 Å². The Labute approximate surface area is 159 Å². The van der Waals surface area contributed by atoms with Crippen molar-refractivity contribution in [3.05, 3.63) is 47.4 Å². The van der Waals surface area contributed by atoms with E-state index in [1.807, 2.05) is 26.8 Å². The van der Waals surface area contributed by atoms with Crippen LogP contribution in [0.1, 0.15) is 26.3 Å². The number of nitrogens with zero attached hydrogens (tertiary/aromatic N) is 2. The molecule has 0 radical (unpaired) electrons. The molecule has 1 aromatic carbocycles. The number of aromatic nitrogens is 2. The summed E-state index contributed by atoms with van der Waals surface area (Å²) in [7, 11) is 0.